The molecule has 0 saturated heterocycles. The van der Waals surface area contributed by atoms with Crippen LogP contribution in [0.5, 0.6) is 0 Å². The van der Waals surface area contributed by atoms with Gasteiger partial charge in [-0.3, -0.25) is 0 Å². The Bertz CT molecular complexity index is 782. The van der Waals surface area contributed by atoms with Crippen LogP contribution in [0.2, 0.25) is 5.02 Å². The van der Waals surface area contributed by atoms with Crippen molar-refractivity contribution in [1.82, 2.24) is 9.55 Å². The van der Waals surface area contributed by atoms with E-state index in [1.165, 1.54) is 18.6 Å². The first-order valence-corrected chi connectivity index (χ1v) is 7.88. The molecule has 1 fully saturated rings. The maximum Gasteiger partial charge on any atom is 0.158 e. The van der Waals surface area contributed by atoms with Crippen LogP contribution in [0.25, 0.3) is 0 Å². The topological polar surface area (TPSA) is 61.8 Å². The summed E-state index contributed by atoms with van der Waals surface area (Å²) in [5, 5.41) is 20.3. The maximum atomic E-state index is 14.1. The number of imidazole rings is 1. The SMILES string of the molecule is N#Cc1cn(CC(O)(Cc2ccc(Cl)cc2F)C2(Cl)CC2)cn1. The third-order valence-electron chi connectivity index (χ3n) is 4.21. The smallest absolute Gasteiger partial charge is 0.158 e. The third kappa shape index (κ3) is 3.20. The maximum absolute atomic E-state index is 14.1. The van der Waals surface area contributed by atoms with E-state index in [0.29, 0.717) is 23.4 Å². The van der Waals surface area contributed by atoms with Gasteiger partial charge in [-0.25, -0.2) is 9.37 Å². The van der Waals surface area contributed by atoms with Crippen molar-refractivity contribution in [2.24, 2.45) is 0 Å². The quantitative estimate of drug-likeness (QED) is 0.839. The van der Waals surface area contributed by atoms with Crippen LogP contribution in [0.3, 0.4) is 0 Å². The molecule has 120 valence electrons. The lowest BCUT2D eigenvalue weighted by Crippen LogP contribution is -2.47. The van der Waals surface area contributed by atoms with Gasteiger partial charge in [-0.05, 0) is 30.5 Å². The van der Waals surface area contributed by atoms with E-state index in [1.807, 2.05) is 6.07 Å². The van der Waals surface area contributed by atoms with Gasteiger partial charge in [-0.1, -0.05) is 17.7 Å². The van der Waals surface area contributed by atoms with Crippen LogP contribution in [-0.2, 0) is 13.0 Å². The summed E-state index contributed by atoms with van der Waals surface area (Å²) in [6.07, 6.45) is 4.36. The lowest BCUT2D eigenvalue weighted by molar-refractivity contribution is 0.0101. The Morgan fingerprint density at radius 1 is 1.48 bits per heavy atom. The van der Waals surface area contributed by atoms with E-state index in [-0.39, 0.29) is 18.7 Å². The van der Waals surface area contributed by atoms with E-state index in [1.54, 1.807) is 16.7 Å². The number of benzene rings is 1. The van der Waals surface area contributed by atoms with Gasteiger partial charge in [0.2, 0.25) is 0 Å². The first kappa shape index (κ1) is 16.3. The van der Waals surface area contributed by atoms with Gasteiger partial charge in [0.25, 0.3) is 0 Å². The van der Waals surface area contributed by atoms with E-state index >= 15 is 0 Å². The molecule has 0 bridgehead atoms. The van der Waals surface area contributed by atoms with Crippen molar-refractivity contribution in [2.75, 3.05) is 0 Å². The summed E-state index contributed by atoms with van der Waals surface area (Å²) in [7, 11) is 0. The van der Waals surface area contributed by atoms with Crippen LogP contribution >= 0.6 is 23.2 Å². The second kappa shape index (κ2) is 5.79. The predicted octanol–water partition coefficient (Wildman–Crippen LogP) is 3.29. The highest BCUT2D eigenvalue weighted by molar-refractivity contribution is 6.30. The summed E-state index contributed by atoms with van der Waals surface area (Å²) >= 11 is 12.2. The minimum Gasteiger partial charge on any atom is -0.386 e. The average Bonchev–Trinajstić information content (AvgIpc) is 3.10. The Kier molecular flexibility index (Phi) is 4.09. The molecule has 1 aromatic carbocycles. The minimum absolute atomic E-state index is 0.0551. The van der Waals surface area contributed by atoms with Gasteiger partial charge >= 0.3 is 0 Å². The molecule has 1 saturated carbocycles. The number of aromatic nitrogens is 2. The lowest BCUT2D eigenvalue weighted by Gasteiger charge is -2.33. The zero-order valence-electron chi connectivity index (χ0n) is 12.1. The fourth-order valence-electron chi connectivity index (χ4n) is 2.72. The average molecular weight is 354 g/mol. The molecule has 1 N–H and O–H groups in total. The Morgan fingerprint density at radius 3 is 2.78 bits per heavy atom. The highest BCUT2D eigenvalue weighted by Crippen LogP contribution is 2.53. The highest BCUT2D eigenvalue weighted by Gasteiger charge is 2.58. The fraction of sp³-hybridized carbons (Fsp3) is 0.375. The number of rotatable bonds is 5. The standard InChI is InChI=1S/C16H14Cl2FN3O/c17-12-2-1-11(14(19)5-12)6-16(23,15(18)3-4-15)9-22-8-13(7-20)21-10-22/h1-2,5,8,10,23H,3-4,6,9H2. The summed E-state index contributed by atoms with van der Waals surface area (Å²) in [5.41, 5.74) is -0.745. The Labute approximate surface area is 143 Å². The van der Waals surface area contributed by atoms with Gasteiger partial charge in [-0.15, -0.1) is 11.6 Å². The number of hydrogen-bond acceptors (Lipinski definition) is 3. The first-order valence-electron chi connectivity index (χ1n) is 7.12. The van der Waals surface area contributed by atoms with E-state index in [0.717, 1.165) is 0 Å². The molecule has 4 nitrogen and oxygen atoms in total. The molecule has 1 atom stereocenters. The zero-order valence-corrected chi connectivity index (χ0v) is 13.6. The molecule has 1 unspecified atom stereocenters. The van der Waals surface area contributed by atoms with E-state index < -0.39 is 16.3 Å². The molecule has 1 aromatic heterocycles. The molecule has 23 heavy (non-hydrogen) atoms. The summed E-state index contributed by atoms with van der Waals surface area (Å²) in [5.74, 6) is -0.472. The third-order valence-corrected chi connectivity index (χ3v) is 5.18. The number of nitriles is 1. The molecule has 1 heterocycles. The van der Waals surface area contributed by atoms with Crippen LogP contribution in [0.1, 0.15) is 24.1 Å². The molecule has 2 aromatic rings. The van der Waals surface area contributed by atoms with Gasteiger partial charge < -0.3 is 9.67 Å². The van der Waals surface area contributed by atoms with Crippen LogP contribution < -0.4 is 0 Å². The summed E-state index contributed by atoms with van der Waals surface area (Å²) in [6.45, 7) is 0.132. The van der Waals surface area contributed by atoms with Crippen molar-refractivity contribution in [1.29, 1.82) is 5.26 Å². The van der Waals surface area contributed by atoms with Gasteiger partial charge in [0, 0.05) is 17.6 Å². The molecule has 0 radical (unpaired) electrons. The number of nitrogens with zero attached hydrogens (tertiary/aromatic N) is 3. The Balaban J connectivity index is 1.89. The summed E-state index contributed by atoms with van der Waals surface area (Å²) in [6, 6.07) is 6.29. The van der Waals surface area contributed by atoms with Crippen LogP contribution in [0.15, 0.2) is 30.7 Å². The monoisotopic (exact) mass is 353 g/mol. The number of aliphatic hydroxyl groups is 1. The normalized spacial score (nSPS) is 18.2. The van der Waals surface area contributed by atoms with Crippen molar-refractivity contribution < 1.29 is 9.50 Å². The predicted molar refractivity (Wildman–Crippen MR) is 84.8 cm³/mol. The van der Waals surface area contributed by atoms with Crippen molar-refractivity contribution in [3.8, 4) is 6.07 Å². The molecule has 1 aliphatic rings. The number of hydrogen-bond donors (Lipinski definition) is 1. The molecule has 0 spiro atoms. The molecule has 0 amide bonds. The molecule has 7 heteroatoms. The molecular weight excluding hydrogens is 340 g/mol. The lowest BCUT2D eigenvalue weighted by atomic mass is 9.88. The Hall–Kier alpha value is -1.61. The second-order valence-corrected chi connectivity index (χ2v) is 7.11. The van der Waals surface area contributed by atoms with Crippen LogP contribution in [0, 0.1) is 17.1 Å². The zero-order chi connectivity index (χ0) is 16.7. The summed E-state index contributed by atoms with van der Waals surface area (Å²) in [4.78, 5) is 3.12. The highest BCUT2D eigenvalue weighted by atomic mass is 35.5. The van der Waals surface area contributed by atoms with Gasteiger partial charge in [0.05, 0.1) is 17.7 Å². The fourth-order valence-corrected chi connectivity index (χ4v) is 3.10. The summed E-state index contributed by atoms with van der Waals surface area (Å²) < 4.78 is 15.7. The van der Waals surface area contributed by atoms with E-state index in [9.17, 15) is 9.50 Å². The van der Waals surface area contributed by atoms with Crippen molar-refractivity contribution in [2.45, 2.75) is 36.3 Å². The van der Waals surface area contributed by atoms with E-state index in [2.05, 4.69) is 4.98 Å². The number of halogens is 3. The van der Waals surface area contributed by atoms with Gasteiger partial charge in [-0.2, -0.15) is 5.26 Å². The molecule has 3 rings (SSSR count). The Morgan fingerprint density at radius 2 is 2.22 bits per heavy atom. The largest absolute Gasteiger partial charge is 0.386 e. The molecular formula is C16H14Cl2FN3O. The van der Waals surface area contributed by atoms with E-state index in [4.69, 9.17) is 28.5 Å². The van der Waals surface area contributed by atoms with Gasteiger partial charge in [0.15, 0.2) is 5.69 Å². The van der Waals surface area contributed by atoms with Crippen LogP contribution in [0.4, 0.5) is 4.39 Å². The number of alkyl halides is 1. The van der Waals surface area contributed by atoms with Crippen molar-refractivity contribution in [3.05, 3.63) is 52.8 Å². The second-order valence-electron chi connectivity index (χ2n) is 5.95. The van der Waals surface area contributed by atoms with Crippen LogP contribution in [-0.4, -0.2) is 25.1 Å². The van der Waals surface area contributed by atoms with Gasteiger partial charge in [0.1, 0.15) is 17.5 Å². The molecule has 0 aliphatic heterocycles. The first-order chi connectivity index (χ1) is 10.9. The molecule has 1 aliphatic carbocycles. The minimum atomic E-state index is -1.35. The van der Waals surface area contributed by atoms with Crippen molar-refractivity contribution >= 4 is 23.2 Å². The van der Waals surface area contributed by atoms with Crippen molar-refractivity contribution in [3.63, 3.8) is 0 Å².